The number of Topliss-reactive ketones (excluding diaryl/α,β-unsaturated/α-hetero) is 2. The fourth-order valence-corrected chi connectivity index (χ4v) is 25.0. The molecule has 1 aromatic carbocycles. The van der Waals surface area contributed by atoms with Gasteiger partial charge in [0.25, 0.3) is 0 Å². The number of benzene rings is 1. The summed E-state index contributed by atoms with van der Waals surface area (Å²) >= 11 is 0. The zero-order valence-corrected chi connectivity index (χ0v) is 51.8. The molecule has 3 spiro atoms. The number of aryl methyl sites for hydroxylation is 1. The van der Waals surface area contributed by atoms with Crippen LogP contribution in [0.3, 0.4) is 0 Å². The highest BCUT2D eigenvalue weighted by Gasteiger charge is 2.84. The second kappa shape index (κ2) is 18.6. The Morgan fingerprint density at radius 1 is 0.857 bits per heavy atom. The van der Waals surface area contributed by atoms with Crippen molar-refractivity contribution in [1.82, 2.24) is 19.9 Å². The molecule has 6 N–H and O–H groups in total. The summed E-state index contributed by atoms with van der Waals surface area (Å²) in [5, 5.41) is 43.7. The summed E-state index contributed by atoms with van der Waals surface area (Å²) in [4.78, 5) is 40.8. The first-order valence-corrected chi connectivity index (χ1v) is 34.0. The Bertz CT molecular complexity index is 3380. The summed E-state index contributed by atoms with van der Waals surface area (Å²) in [5.41, 5.74) is 8.34. The van der Waals surface area contributed by atoms with Gasteiger partial charge in [0.05, 0.1) is 40.4 Å². The predicted octanol–water partition coefficient (Wildman–Crippen LogP) is 13.1. The molecule has 11 heteroatoms. The van der Waals surface area contributed by atoms with Crippen LogP contribution in [0, 0.1) is 55.7 Å². The first-order valence-electron chi connectivity index (χ1n) is 34.0. The van der Waals surface area contributed by atoms with Crippen LogP contribution in [-0.2, 0) is 44.1 Å². The van der Waals surface area contributed by atoms with Crippen LogP contribution in [-0.4, -0.2) is 91.6 Å². The van der Waals surface area contributed by atoms with Gasteiger partial charge >= 0.3 is 0 Å². The summed E-state index contributed by atoms with van der Waals surface area (Å²) < 4.78 is 14.6. The number of aromatic amines is 2. The van der Waals surface area contributed by atoms with Crippen molar-refractivity contribution in [2.45, 2.75) is 255 Å². The molecule has 3 aromatic heterocycles. The molecule has 7 saturated carbocycles. The van der Waals surface area contributed by atoms with Gasteiger partial charge in [-0.1, -0.05) is 84.4 Å². The van der Waals surface area contributed by atoms with Crippen LogP contribution in [0.5, 0.6) is 0 Å². The van der Waals surface area contributed by atoms with E-state index in [0.717, 1.165) is 100 Å². The Labute approximate surface area is 499 Å². The van der Waals surface area contributed by atoms with Crippen molar-refractivity contribution < 1.29 is 34.4 Å². The Morgan fingerprint density at radius 3 is 2.38 bits per heavy atom. The fourth-order valence-electron chi connectivity index (χ4n) is 25.0. The summed E-state index contributed by atoms with van der Waals surface area (Å²) in [7, 11) is 2.12. The highest BCUT2D eigenvalue weighted by molar-refractivity contribution is 6.02. The normalized spacial score (nSPS) is 42.0. The van der Waals surface area contributed by atoms with Crippen molar-refractivity contribution in [2.75, 3.05) is 20.3 Å². The van der Waals surface area contributed by atoms with E-state index in [1.54, 1.807) is 0 Å². The van der Waals surface area contributed by atoms with E-state index < -0.39 is 56.4 Å². The van der Waals surface area contributed by atoms with Crippen molar-refractivity contribution in [3.05, 3.63) is 93.1 Å². The molecule has 16 rings (SSSR count). The van der Waals surface area contributed by atoms with Crippen molar-refractivity contribution in [3.8, 4) is 0 Å². The smallest absolute Gasteiger partial charge is 0.160 e. The van der Waals surface area contributed by atoms with Gasteiger partial charge in [-0.25, -0.2) is 0 Å². The molecular weight excluding hydrogens is 1040 g/mol. The number of aliphatic hydroxyl groups is 3. The number of aromatic nitrogens is 3. The van der Waals surface area contributed by atoms with Gasteiger partial charge in [0.1, 0.15) is 11.9 Å². The monoisotopic (exact) mass is 1140 g/mol. The number of carbonyl (C=O) groups excluding carboxylic acids is 2. The summed E-state index contributed by atoms with van der Waals surface area (Å²) in [5.74, 6) is 0.834. The minimum atomic E-state index is -0.929. The molecule has 12 aliphatic rings. The number of ketones is 2. The number of H-pyrrole nitrogens is 2. The van der Waals surface area contributed by atoms with Crippen LogP contribution in [0.2, 0.25) is 0 Å². The van der Waals surface area contributed by atoms with Gasteiger partial charge in [-0.3, -0.25) is 9.59 Å². The van der Waals surface area contributed by atoms with Gasteiger partial charge in [-0.2, -0.15) is 0 Å². The molecule has 3 aliphatic heterocycles. The van der Waals surface area contributed by atoms with E-state index in [-0.39, 0.29) is 46.5 Å². The van der Waals surface area contributed by atoms with E-state index in [9.17, 15) is 10.2 Å². The maximum atomic E-state index is 16.9. The number of hydrogen-bond donors (Lipinski definition) is 6. The number of allylic oxidation sites excluding steroid dienone is 1. The average molecular weight is 1140 g/mol. The molecule has 2 bridgehead atoms. The maximum Gasteiger partial charge on any atom is 0.160 e. The number of ether oxygens (including phenoxy) is 2. The second-order valence-corrected chi connectivity index (χ2v) is 32.6. The third-order valence-corrected chi connectivity index (χ3v) is 28.3. The van der Waals surface area contributed by atoms with Crippen LogP contribution in [0.1, 0.15) is 240 Å². The summed E-state index contributed by atoms with van der Waals surface area (Å²) in [6, 6.07) is 9.63. The van der Waals surface area contributed by atoms with E-state index in [2.05, 4.69) is 111 Å². The van der Waals surface area contributed by atoms with E-state index >= 15 is 14.7 Å². The third-order valence-electron chi connectivity index (χ3n) is 28.3. The Kier molecular flexibility index (Phi) is 12.3. The van der Waals surface area contributed by atoms with Crippen LogP contribution in [0.15, 0.2) is 54.0 Å². The Balaban J connectivity index is 0.902. The molecule has 0 amide bonds. The predicted molar refractivity (Wildman–Crippen MR) is 326 cm³/mol. The number of hydrogen-bond acceptors (Lipinski definition) is 8. The first-order chi connectivity index (χ1) is 40.2. The molecule has 6 heterocycles. The molecule has 2 saturated heterocycles. The number of aliphatic hydroxyl groups excluding tert-OH is 2. The fraction of sp³-hybridized carbons (Fsp3) is 0.726. The van der Waals surface area contributed by atoms with Crippen molar-refractivity contribution in [2.24, 2.45) is 55.7 Å². The highest BCUT2D eigenvalue weighted by atomic mass is 16.6. The van der Waals surface area contributed by atoms with Gasteiger partial charge in [-0.15, -0.1) is 0 Å². The standard InChI is InChI=1S/C73H98N4O7/c1-65(2)63(84-65)53(79)36-66(3)23-17-45-38-76-58-47(31-42-30-46(43-14-9-8-10-15-43)33-48(32-42)73(82)25-28-83-29-26-73)39-77(59(45)58)40-51-54-56(66)52(78)37-67(54,4)68(5)41-70(20-11-12-21-70)64-69(6,61(68)60(51)80)72-24-18-44(34-72)57-50(19-27-75-57)55(72)62(81)71(64)22-13-16-49(35-71)74-7/h19,27,30,32-33,38-39,43-44,49,51,53,55,60-61,63-64,74-76,79-80,82H,8-18,20-26,28-29,31,34-37,40-41H2,1-7H3/t44-,49-,51+,53+,55-,60+,61-,63+,64-,66-,67-,68-,69-,71+,72-/m0/s1. The number of carbonyl (C=O) groups is 2. The molecule has 452 valence electrons. The second-order valence-electron chi connectivity index (χ2n) is 32.6. The van der Waals surface area contributed by atoms with Crippen LogP contribution < -0.4 is 5.32 Å². The van der Waals surface area contributed by atoms with Gasteiger partial charge < -0.3 is 44.6 Å². The SMILES string of the molecule is CN[C@H]1CCC[C@@]2(C1)C(=O)[C@@H]1c3cc[nH]c3[C@H]3CC[C@@]1(C3)[C@@]1(C)[C@H]3[C@H](O)[C@@H]4Cn5cc(Cc6cc(C7CCCCC7)cc(C7(O)CCOCC7)c6)c6[nH]cc(c65)CC[C@@](C)(C[C@@H](O)[C@H]5OC5(C)C)C5=C4[C@](C)(CC5=O)[C@@]3(C)CC3(CCCC3)[C@@H]21. The van der Waals surface area contributed by atoms with E-state index in [1.165, 1.54) is 76.7 Å². The summed E-state index contributed by atoms with van der Waals surface area (Å²) in [6.45, 7) is 15.9. The zero-order chi connectivity index (χ0) is 57.9. The minimum absolute atomic E-state index is 0.106. The lowest BCUT2D eigenvalue weighted by Gasteiger charge is -2.80. The average Bonchev–Trinajstić information content (AvgIpc) is 1.07. The topological polar surface area (TPSA) is 165 Å². The highest BCUT2D eigenvalue weighted by Crippen LogP contribution is 2.88. The Morgan fingerprint density at radius 2 is 1.63 bits per heavy atom. The number of epoxide rings is 1. The first kappa shape index (κ1) is 55.5. The lowest BCUT2D eigenvalue weighted by molar-refractivity contribution is -0.308. The van der Waals surface area contributed by atoms with E-state index in [0.29, 0.717) is 75.9 Å². The summed E-state index contributed by atoms with van der Waals surface area (Å²) in [6.07, 6.45) is 27.4. The van der Waals surface area contributed by atoms with E-state index in [4.69, 9.17) is 9.47 Å². The molecular formula is C73H98N4O7. The molecule has 0 unspecified atom stereocenters. The third kappa shape index (κ3) is 7.32. The maximum absolute atomic E-state index is 16.9. The largest absolute Gasteiger partial charge is 0.392 e. The Hall–Kier alpha value is -3.84. The van der Waals surface area contributed by atoms with Crippen LogP contribution in [0.25, 0.3) is 11.0 Å². The lowest BCUT2D eigenvalue weighted by atomic mass is 9.23. The van der Waals surface area contributed by atoms with Gasteiger partial charge in [0, 0.05) is 98.1 Å². The minimum Gasteiger partial charge on any atom is -0.392 e. The van der Waals surface area contributed by atoms with Gasteiger partial charge in [0.15, 0.2) is 5.78 Å². The van der Waals surface area contributed by atoms with Gasteiger partial charge in [0.2, 0.25) is 0 Å². The number of rotatable bonds is 8. The molecule has 9 aliphatic carbocycles. The van der Waals surface area contributed by atoms with E-state index in [1.807, 2.05) is 0 Å². The lowest BCUT2D eigenvalue weighted by Crippen LogP contribution is -2.78. The zero-order valence-electron chi connectivity index (χ0n) is 51.8. The van der Waals surface area contributed by atoms with Crippen molar-refractivity contribution in [1.29, 1.82) is 0 Å². The molecule has 84 heavy (non-hydrogen) atoms. The molecule has 15 atom stereocenters. The molecule has 11 nitrogen and oxygen atoms in total. The van der Waals surface area contributed by atoms with Crippen LogP contribution >= 0.6 is 0 Å². The number of fused-ring (bicyclic) bond motifs is 10. The molecule has 4 aromatic rings. The molecule has 9 fully saturated rings. The van der Waals surface area contributed by atoms with Crippen molar-refractivity contribution >= 4 is 22.6 Å². The van der Waals surface area contributed by atoms with Gasteiger partial charge in [-0.05, 0) is 207 Å². The number of nitrogens with zero attached hydrogens (tertiary/aromatic N) is 1. The molecule has 0 radical (unpaired) electrons. The van der Waals surface area contributed by atoms with Crippen molar-refractivity contribution in [3.63, 3.8) is 0 Å². The van der Waals surface area contributed by atoms with Crippen LogP contribution in [0.4, 0.5) is 0 Å². The number of nitrogens with one attached hydrogen (secondary N) is 3. The quantitative estimate of drug-likeness (QED) is 0.0949.